The van der Waals surface area contributed by atoms with E-state index in [0.29, 0.717) is 24.7 Å². The maximum Gasteiger partial charge on any atom is 0.303 e. The Hall–Kier alpha value is -2.96. The van der Waals surface area contributed by atoms with E-state index in [9.17, 15) is 9.59 Å². The highest BCUT2D eigenvalue weighted by atomic mass is 16.4. The lowest BCUT2D eigenvalue weighted by atomic mass is 9.95. The van der Waals surface area contributed by atoms with Gasteiger partial charge in [-0.1, -0.05) is 12.1 Å². The first-order valence-corrected chi connectivity index (χ1v) is 10.8. The molecule has 30 heavy (non-hydrogen) atoms. The first kappa shape index (κ1) is 19.0. The molecule has 0 unspecified atom stereocenters. The lowest BCUT2D eigenvalue weighted by molar-refractivity contribution is -0.139. The highest BCUT2D eigenvalue weighted by molar-refractivity contribution is 5.96. The van der Waals surface area contributed by atoms with Crippen LogP contribution in [0.3, 0.4) is 0 Å². The summed E-state index contributed by atoms with van der Waals surface area (Å²) in [5.74, 6) is 0.0149. The topological polar surface area (TPSA) is 86.6 Å². The number of nitrogens with zero attached hydrogens (tertiary/aromatic N) is 4. The fourth-order valence-corrected chi connectivity index (χ4v) is 4.69. The minimum absolute atomic E-state index is 0.0409. The van der Waals surface area contributed by atoms with E-state index in [0.717, 1.165) is 48.7 Å². The molecule has 2 aliphatic heterocycles. The Balaban J connectivity index is 1.42. The van der Waals surface area contributed by atoms with Crippen LogP contribution in [0.4, 0.5) is 5.95 Å². The second-order valence-electron chi connectivity index (χ2n) is 8.74. The van der Waals surface area contributed by atoms with Crippen LogP contribution < -0.4 is 4.90 Å². The van der Waals surface area contributed by atoms with Crippen LogP contribution in [0.25, 0.3) is 11.3 Å². The van der Waals surface area contributed by atoms with E-state index in [2.05, 4.69) is 11.8 Å². The number of amides is 1. The predicted octanol–water partition coefficient (Wildman–Crippen LogP) is 2.78. The van der Waals surface area contributed by atoms with Crippen molar-refractivity contribution in [2.75, 3.05) is 24.5 Å². The van der Waals surface area contributed by atoms with E-state index >= 15 is 0 Å². The fraction of sp³-hybridized carbons (Fsp3) is 0.478. The normalized spacial score (nSPS) is 20.5. The zero-order chi connectivity index (χ0) is 20.8. The lowest BCUT2D eigenvalue weighted by Crippen LogP contribution is -2.50. The Bertz CT molecular complexity index is 1020. The molecule has 1 aromatic heterocycles. The molecule has 1 amide bonds. The van der Waals surface area contributed by atoms with E-state index in [1.54, 1.807) is 4.90 Å². The van der Waals surface area contributed by atoms with Gasteiger partial charge in [0.2, 0.25) is 5.95 Å². The molecule has 2 aromatic rings. The van der Waals surface area contributed by atoms with Crippen LogP contribution in [-0.2, 0) is 17.6 Å². The summed E-state index contributed by atoms with van der Waals surface area (Å²) in [4.78, 5) is 37.5. The van der Waals surface area contributed by atoms with Gasteiger partial charge in [0.05, 0.1) is 12.1 Å². The summed E-state index contributed by atoms with van der Waals surface area (Å²) < 4.78 is 0. The van der Waals surface area contributed by atoms with Gasteiger partial charge in [0.1, 0.15) is 0 Å². The average molecular weight is 406 g/mol. The molecule has 7 heteroatoms. The van der Waals surface area contributed by atoms with Crippen LogP contribution in [0.1, 0.15) is 47.8 Å². The van der Waals surface area contributed by atoms with Gasteiger partial charge < -0.3 is 14.9 Å². The zero-order valence-corrected chi connectivity index (χ0v) is 17.2. The van der Waals surface area contributed by atoms with Crippen molar-refractivity contribution < 1.29 is 14.7 Å². The smallest absolute Gasteiger partial charge is 0.303 e. The monoisotopic (exact) mass is 406 g/mol. The molecule has 3 heterocycles. The number of hydrogen-bond donors (Lipinski definition) is 1. The van der Waals surface area contributed by atoms with E-state index < -0.39 is 5.97 Å². The van der Waals surface area contributed by atoms with Crippen molar-refractivity contribution in [3.63, 3.8) is 0 Å². The van der Waals surface area contributed by atoms with Gasteiger partial charge in [-0.25, -0.2) is 9.97 Å². The summed E-state index contributed by atoms with van der Waals surface area (Å²) >= 11 is 0. The number of anilines is 1. The Labute approximate surface area is 175 Å². The molecule has 1 aromatic carbocycles. The van der Waals surface area contributed by atoms with Crippen molar-refractivity contribution >= 4 is 17.8 Å². The van der Waals surface area contributed by atoms with Crippen molar-refractivity contribution in [3.05, 3.63) is 41.1 Å². The van der Waals surface area contributed by atoms with Crippen molar-refractivity contribution in [2.45, 2.75) is 45.1 Å². The third-order valence-electron chi connectivity index (χ3n) is 6.59. The number of carbonyl (C=O) groups is 2. The SMILES string of the molecule is C[C@H]1CCN1c1nc2c(c(-c3cccc(C(=O)N4CC(CC(=O)O)C4)c3)n1)CCC2. The summed E-state index contributed by atoms with van der Waals surface area (Å²) in [5, 5.41) is 8.91. The molecule has 1 aliphatic carbocycles. The summed E-state index contributed by atoms with van der Waals surface area (Å²) in [5.41, 5.74) is 4.89. The average Bonchev–Trinajstić information content (AvgIpc) is 3.16. The Morgan fingerprint density at radius 2 is 2.03 bits per heavy atom. The molecule has 0 bridgehead atoms. The number of likely N-dealkylation sites (tertiary alicyclic amines) is 1. The molecule has 7 nitrogen and oxygen atoms in total. The zero-order valence-electron chi connectivity index (χ0n) is 17.2. The predicted molar refractivity (Wildman–Crippen MR) is 113 cm³/mol. The van der Waals surface area contributed by atoms with Crippen LogP contribution in [0.5, 0.6) is 0 Å². The Morgan fingerprint density at radius 3 is 2.73 bits per heavy atom. The van der Waals surface area contributed by atoms with Gasteiger partial charge in [0.15, 0.2) is 0 Å². The molecule has 1 N–H and O–H groups in total. The second kappa shape index (κ2) is 7.38. The summed E-state index contributed by atoms with van der Waals surface area (Å²) in [7, 11) is 0. The molecular weight excluding hydrogens is 380 g/mol. The van der Waals surface area contributed by atoms with Gasteiger partial charge >= 0.3 is 5.97 Å². The van der Waals surface area contributed by atoms with E-state index in [1.165, 1.54) is 12.0 Å². The van der Waals surface area contributed by atoms with Gasteiger partial charge in [-0.05, 0) is 44.7 Å². The standard InChI is InChI=1S/C23H26N4O3/c1-14-8-9-27(14)23-24-19-7-3-6-18(19)21(25-23)16-4-2-5-17(11-16)22(30)26-12-15(13-26)10-20(28)29/h2,4-5,11,14-15H,3,6-10,12-13H2,1H3,(H,28,29)/t14-/m0/s1. The third-order valence-corrected chi connectivity index (χ3v) is 6.59. The van der Waals surface area contributed by atoms with Gasteiger partial charge in [-0.15, -0.1) is 0 Å². The Morgan fingerprint density at radius 1 is 1.20 bits per heavy atom. The van der Waals surface area contributed by atoms with Gasteiger partial charge in [-0.3, -0.25) is 9.59 Å². The number of carboxylic acid groups (broad SMARTS) is 1. The highest BCUT2D eigenvalue weighted by Gasteiger charge is 2.33. The molecule has 1 atom stereocenters. The van der Waals surface area contributed by atoms with Crippen molar-refractivity contribution in [1.29, 1.82) is 0 Å². The minimum Gasteiger partial charge on any atom is -0.481 e. The molecule has 2 fully saturated rings. The summed E-state index contributed by atoms with van der Waals surface area (Å²) in [6, 6.07) is 8.15. The molecule has 3 aliphatic rings. The van der Waals surface area contributed by atoms with E-state index in [4.69, 9.17) is 15.1 Å². The van der Waals surface area contributed by atoms with E-state index in [-0.39, 0.29) is 18.2 Å². The first-order valence-electron chi connectivity index (χ1n) is 10.8. The Kier molecular flexibility index (Phi) is 4.68. The fourth-order valence-electron chi connectivity index (χ4n) is 4.69. The largest absolute Gasteiger partial charge is 0.481 e. The molecule has 0 radical (unpaired) electrons. The maximum absolute atomic E-state index is 12.9. The highest BCUT2D eigenvalue weighted by Crippen LogP contribution is 2.34. The van der Waals surface area contributed by atoms with Crippen LogP contribution in [0, 0.1) is 5.92 Å². The number of carbonyl (C=O) groups excluding carboxylic acids is 1. The van der Waals surface area contributed by atoms with Crippen molar-refractivity contribution in [1.82, 2.24) is 14.9 Å². The number of hydrogen-bond acceptors (Lipinski definition) is 5. The molecular formula is C23H26N4O3. The number of aryl methyl sites for hydroxylation is 1. The number of fused-ring (bicyclic) bond motifs is 1. The number of rotatable bonds is 5. The first-order chi connectivity index (χ1) is 14.5. The molecule has 0 spiro atoms. The second-order valence-corrected chi connectivity index (χ2v) is 8.74. The summed E-state index contributed by atoms with van der Waals surface area (Å²) in [6.07, 6.45) is 4.33. The summed E-state index contributed by atoms with van der Waals surface area (Å²) in [6.45, 7) is 4.21. The van der Waals surface area contributed by atoms with Crippen molar-refractivity contribution in [3.8, 4) is 11.3 Å². The lowest BCUT2D eigenvalue weighted by Gasteiger charge is -2.39. The number of aromatic nitrogens is 2. The number of benzene rings is 1. The maximum atomic E-state index is 12.9. The van der Waals surface area contributed by atoms with Crippen molar-refractivity contribution in [2.24, 2.45) is 5.92 Å². The number of carboxylic acids is 1. The molecule has 2 saturated heterocycles. The van der Waals surface area contributed by atoms with Crippen LogP contribution in [0.2, 0.25) is 0 Å². The third kappa shape index (κ3) is 3.32. The quantitative estimate of drug-likeness (QED) is 0.822. The number of aliphatic carboxylic acids is 1. The van der Waals surface area contributed by atoms with Crippen LogP contribution >= 0.6 is 0 Å². The van der Waals surface area contributed by atoms with Gasteiger partial charge in [0, 0.05) is 54.0 Å². The van der Waals surface area contributed by atoms with Crippen LogP contribution in [-0.4, -0.2) is 57.5 Å². The minimum atomic E-state index is -0.806. The van der Waals surface area contributed by atoms with E-state index in [1.807, 2.05) is 24.3 Å². The molecule has 5 rings (SSSR count). The molecule has 0 saturated carbocycles. The van der Waals surface area contributed by atoms with Crippen LogP contribution in [0.15, 0.2) is 24.3 Å². The van der Waals surface area contributed by atoms with Gasteiger partial charge in [-0.2, -0.15) is 0 Å². The molecule has 156 valence electrons. The van der Waals surface area contributed by atoms with Gasteiger partial charge in [0.25, 0.3) is 5.91 Å².